The fourth-order valence-electron chi connectivity index (χ4n) is 6.19. The van der Waals surface area contributed by atoms with Crippen molar-refractivity contribution >= 4 is 11.9 Å². The van der Waals surface area contributed by atoms with Gasteiger partial charge in [-0.15, -0.1) is 0 Å². The van der Waals surface area contributed by atoms with E-state index in [0.29, 0.717) is 25.7 Å². The molecule has 186 valence electrons. The number of piperidine rings is 2. The zero-order valence-corrected chi connectivity index (χ0v) is 21.7. The van der Waals surface area contributed by atoms with Gasteiger partial charge in [-0.25, -0.2) is 0 Å². The topological polar surface area (TPSA) is 77.5 Å². The first kappa shape index (κ1) is 27.0. The summed E-state index contributed by atoms with van der Waals surface area (Å²) in [6.45, 7) is 16.6. The summed E-state index contributed by atoms with van der Waals surface area (Å²) in [5, 5.41) is 3.94. The van der Waals surface area contributed by atoms with Crippen molar-refractivity contribution in [3.05, 3.63) is 0 Å². The highest BCUT2D eigenvalue weighted by atomic mass is 16.7. The third-order valence-corrected chi connectivity index (χ3v) is 6.60. The third-order valence-electron chi connectivity index (χ3n) is 6.60. The Morgan fingerprint density at radius 3 is 1.09 bits per heavy atom. The van der Waals surface area contributed by atoms with Gasteiger partial charge in [-0.05, 0) is 55.4 Å². The van der Waals surface area contributed by atoms with Gasteiger partial charge in [0.25, 0.3) is 0 Å². The SMILES string of the molecule is CON1C(C)(C)CC(OC(=O)CCC(=O)OC2CC(C)(C)N(OC)C(C)(C)C2)CC1(C)C. The van der Waals surface area contributed by atoms with Crippen LogP contribution in [0, 0.1) is 0 Å². The van der Waals surface area contributed by atoms with Gasteiger partial charge in [0.1, 0.15) is 12.2 Å². The number of hydrogen-bond donors (Lipinski definition) is 0. The summed E-state index contributed by atoms with van der Waals surface area (Å²) >= 11 is 0. The van der Waals surface area contributed by atoms with Crippen LogP contribution in [0.15, 0.2) is 0 Å². The zero-order chi connectivity index (χ0) is 24.5. The molecule has 0 unspecified atom stereocenters. The van der Waals surface area contributed by atoms with Crippen LogP contribution in [0.3, 0.4) is 0 Å². The standard InChI is InChI=1S/C24H44N2O6/c1-21(2)13-17(14-22(3,4)25(21)29-9)31-19(27)11-12-20(28)32-18-15-23(5,6)26(30-10)24(7,8)16-18/h17-18H,11-16H2,1-10H3. The number of nitrogens with zero attached hydrogens (tertiary/aromatic N) is 2. The van der Waals surface area contributed by atoms with Gasteiger partial charge in [0.2, 0.25) is 0 Å². The van der Waals surface area contributed by atoms with Gasteiger partial charge in [-0.3, -0.25) is 9.59 Å². The minimum Gasteiger partial charge on any atom is -0.462 e. The van der Waals surface area contributed by atoms with E-state index in [1.54, 1.807) is 14.2 Å². The van der Waals surface area contributed by atoms with Gasteiger partial charge in [0, 0.05) is 47.8 Å². The molecule has 8 nitrogen and oxygen atoms in total. The van der Waals surface area contributed by atoms with Crippen molar-refractivity contribution in [1.29, 1.82) is 0 Å². The largest absolute Gasteiger partial charge is 0.462 e. The molecule has 0 radical (unpaired) electrons. The minimum absolute atomic E-state index is 0.0217. The molecule has 0 atom stereocenters. The Bertz CT molecular complexity index is 594. The lowest BCUT2D eigenvalue weighted by atomic mass is 9.80. The van der Waals surface area contributed by atoms with Crippen LogP contribution in [-0.4, -0.2) is 70.6 Å². The van der Waals surface area contributed by atoms with Crippen LogP contribution in [0.2, 0.25) is 0 Å². The van der Waals surface area contributed by atoms with Crippen molar-refractivity contribution in [2.45, 2.75) is 128 Å². The predicted octanol–water partition coefficient (Wildman–Crippen LogP) is 4.02. The van der Waals surface area contributed by atoms with E-state index < -0.39 is 0 Å². The van der Waals surface area contributed by atoms with Crippen molar-refractivity contribution in [2.24, 2.45) is 0 Å². The highest BCUT2D eigenvalue weighted by Crippen LogP contribution is 2.40. The van der Waals surface area contributed by atoms with Crippen LogP contribution >= 0.6 is 0 Å². The second-order valence-corrected chi connectivity index (χ2v) is 11.7. The van der Waals surface area contributed by atoms with Crippen molar-refractivity contribution in [2.75, 3.05) is 14.2 Å². The van der Waals surface area contributed by atoms with E-state index in [4.69, 9.17) is 19.1 Å². The van der Waals surface area contributed by atoms with E-state index in [1.165, 1.54) is 0 Å². The number of carbonyl (C=O) groups excluding carboxylic acids is 2. The number of esters is 2. The summed E-state index contributed by atoms with van der Waals surface area (Å²) in [5.74, 6) is -0.724. The van der Waals surface area contributed by atoms with Crippen LogP contribution in [0.5, 0.6) is 0 Å². The summed E-state index contributed by atoms with van der Waals surface area (Å²) in [5.41, 5.74) is -1.07. The zero-order valence-electron chi connectivity index (χ0n) is 21.7. The maximum atomic E-state index is 12.5. The molecule has 8 heteroatoms. The maximum Gasteiger partial charge on any atom is 0.306 e. The van der Waals surface area contributed by atoms with Crippen molar-refractivity contribution in [1.82, 2.24) is 10.1 Å². The van der Waals surface area contributed by atoms with Crippen molar-refractivity contribution < 1.29 is 28.7 Å². The predicted molar refractivity (Wildman–Crippen MR) is 121 cm³/mol. The normalized spacial score (nSPS) is 25.9. The van der Waals surface area contributed by atoms with E-state index in [9.17, 15) is 9.59 Å². The van der Waals surface area contributed by atoms with Crippen LogP contribution < -0.4 is 0 Å². The molecule has 2 rings (SSSR count). The van der Waals surface area contributed by atoms with Gasteiger partial charge < -0.3 is 19.1 Å². The first-order chi connectivity index (χ1) is 14.5. The Morgan fingerprint density at radius 2 is 0.875 bits per heavy atom. The quantitative estimate of drug-likeness (QED) is 0.532. The molecule has 0 N–H and O–H groups in total. The van der Waals surface area contributed by atoms with Crippen LogP contribution in [0.1, 0.15) is 93.9 Å². The first-order valence-electron chi connectivity index (χ1n) is 11.6. The fraction of sp³-hybridized carbons (Fsp3) is 0.917. The Balaban J connectivity index is 1.85. The Labute approximate surface area is 193 Å². The molecule has 0 aromatic rings. The molecule has 0 spiro atoms. The fourth-order valence-corrected chi connectivity index (χ4v) is 6.19. The molecule has 32 heavy (non-hydrogen) atoms. The molecule has 2 aliphatic rings. The number of hydrogen-bond acceptors (Lipinski definition) is 8. The number of carbonyl (C=O) groups is 2. The maximum absolute atomic E-state index is 12.5. The molecule has 2 heterocycles. The molecule has 2 fully saturated rings. The molecule has 0 aromatic carbocycles. The molecule has 0 saturated carbocycles. The van der Waals surface area contributed by atoms with Gasteiger partial charge in [-0.2, -0.15) is 10.1 Å². The van der Waals surface area contributed by atoms with Gasteiger partial charge in [0.15, 0.2) is 0 Å². The van der Waals surface area contributed by atoms with E-state index in [1.807, 2.05) is 10.1 Å². The first-order valence-corrected chi connectivity index (χ1v) is 11.6. The highest BCUT2D eigenvalue weighted by molar-refractivity contribution is 5.77. The van der Waals surface area contributed by atoms with Crippen LogP contribution in [0.4, 0.5) is 0 Å². The van der Waals surface area contributed by atoms with Crippen LogP contribution in [-0.2, 0) is 28.7 Å². The highest BCUT2D eigenvalue weighted by Gasteiger charge is 2.48. The van der Waals surface area contributed by atoms with E-state index in [2.05, 4.69) is 55.4 Å². The lowest BCUT2D eigenvalue weighted by molar-refractivity contribution is -0.278. The smallest absolute Gasteiger partial charge is 0.306 e. The molecule has 0 amide bonds. The summed E-state index contributed by atoms with van der Waals surface area (Å²) in [6.07, 6.45) is 2.29. The third kappa shape index (κ3) is 6.22. The van der Waals surface area contributed by atoms with Crippen molar-refractivity contribution in [3.8, 4) is 0 Å². The molecule has 2 aliphatic heterocycles. The Hall–Kier alpha value is -1.22. The summed E-state index contributed by atoms with van der Waals surface area (Å²) in [7, 11) is 3.34. The molecular formula is C24H44N2O6. The van der Waals surface area contributed by atoms with E-state index in [-0.39, 0.29) is 59.1 Å². The molecule has 2 saturated heterocycles. The number of rotatable bonds is 7. The molecular weight excluding hydrogens is 412 g/mol. The molecule has 0 aromatic heterocycles. The van der Waals surface area contributed by atoms with Gasteiger partial charge in [-0.1, -0.05) is 0 Å². The second kappa shape index (κ2) is 9.57. The lowest BCUT2D eigenvalue weighted by Crippen LogP contribution is -2.61. The molecule has 0 bridgehead atoms. The average Bonchev–Trinajstić information content (AvgIpc) is 2.56. The summed E-state index contributed by atoms with van der Waals surface area (Å²) in [4.78, 5) is 36.1. The lowest BCUT2D eigenvalue weighted by Gasteiger charge is -2.52. The van der Waals surface area contributed by atoms with Crippen molar-refractivity contribution in [3.63, 3.8) is 0 Å². The van der Waals surface area contributed by atoms with E-state index in [0.717, 1.165) is 0 Å². The van der Waals surface area contributed by atoms with E-state index >= 15 is 0 Å². The average molecular weight is 457 g/mol. The minimum atomic E-state index is -0.362. The molecule has 0 aliphatic carbocycles. The van der Waals surface area contributed by atoms with Gasteiger partial charge in [0.05, 0.1) is 27.1 Å². The number of ether oxygens (including phenoxy) is 2. The van der Waals surface area contributed by atoms with Gasteiger partial charge >= 0.3 is 11.9 Å². The Kier molecular flexibility index (Phi) is 8.08. The second-order valence-electron chi connectivity index (χ2n) is 11.7. The number of hydroxylamine groups is 4. The summed E-state index contributed by atoms with van der Waals surface area (Å²) < 4.78 is 11.5. The van der Waals surface area contributed by atoms with Crippen LogP contribution in [0.25, 0.3) is 0 Å². The monoisotopic (exact) mass is 456 g/mol. The Morgan fingerprint density at radius 1 is 0.625 bits per heavy atom. The summed E-state index contributed by atoms with van der Waals surface area (Å²) in [6, 6.07) is 0.